The van der Waals surface area contributed by atoms with E-state index in [9.17, 15) is 24.0 Å². The molecule has 2 saturated heterocycles. The molecule has 46 heavy (non-hydrogen) atoms. The normalized spacial score (nSPS) is 18.5. The summed E-state index contributed by atoms with van der Waals surface area (Å²) in [5, 5.41) is 4.79. The smallest absolute Gasteiger partial charge is 0.262 e. The number of likely N-dealkylation sites (tertiary alicyclic amines) is 1. The predicted octanol–water partition coefficient (Wildman–Crippen LogP) is 2.95. The van der Waals surface area contributed by atoms with Crippen LogP contribution in [0.3, 0.4) is 0 Å². The van der Waals surface area contributed by atoms with Gasteiger partial charge < -0.3 is 18.8 Å². The number of imide groups is 2. The Bertz CT molecular complexity index is 1990. The number of amides is 4. The van der Waals surface area contributed by atoms with Crippen LogP contribution in [0.1, 0.15) is 39.1 Å². The molecule has 0 saturated carbocycles. The van der Waals surface area contributed by atoms with Crippen molar-refractivity contribution in [1.29, 1.82) is 0 Å². The second kappa shape index (κ2) is 11.4. The molecule has 236 valence electrons. The highest BCUT2D eigenvalue weighted by Crippen LogP contribution is 2.40. The van der Waals surface area contributed by atoms with E-state index in [1.807, 2.05) is 29.8 Å². The van der Waals surface area contributed by atoms with Crippen LogP contribution >= 0.6 is 11.3 Å². The molecule has 0 radical (unpaired) electrons. The van der Waals surface area contributed by atoms with Crippen LogP contribution in [0, 0.1) is 0 Å². The molecule has 2 aromatic carbocycles. The minimum Gasteiger partial charge on any atom is -0.496 e. The quantitative estimate of drug-likeness (QED) is 0.288. The Morgan fingerprint density at radius 1 is 0.913 bits per heavy atom. The van der Waals surface area contributed by atoms with Gasteiger partial charge in [0.2, 0.25) is 11.8 Å². The molecule has 2 fully saturated rings. The topological polar surface area (TPSA) is 136 Å². The number of aryl methyl sites for hydroxylation is 1. The molecule has 4 amide bonds. The molecule has 0 bridgehead atoms. The molecule has 0 aliphatic carbocycles. The number of benzene rings is 2. The van der Waals surface area contributed by atoms with Gasteiger partial charge in [0.1, 0.15) is 29.4 Å². The van der Waals surface area contributed by atoms with Crippen LogP contribution < -0.4 is 25.1 Å². The maximum absolute atomic E-state index is 13.2. The number of ether oxygens (including phenoxy) is 3. The number of hydrogen-bond donors (Lipinski definition) is 1. The van der Waals surface area contributed by atoms with Gasteiger partial charge in [0.25, 0.3) is 17.4 Å². The summed E-state index contributed by atoms with van der Waals surface area (Å²) in [6.45, 7) is 1.76. The largest absolute Gasteiger partial charge is 0.496 e. The third-order valence-electron chi connectivity index (χ3n) is 8.72. The number of thiophene rings is 1. The lowest BCUT2D eigenvalue weighted by Gasteiger charge is -2.39. The lowest BCUT2D eigenvalue weighted by molar-refractivity contribution is -0.136. The Balaban J connectivity index is 1.04. The van der Waals surface area contributed by atoms with Gasteiger partial charge in [-0.2, -0.15) is 0 Å². The van der Waals surface area contributed by atoms with Crippen LogP contribution in [0.5, 0.6) is 17.2 Å². The van der Waals surface area contributed by atoms with Crippen molar-refractivity contribution in [3.8, 4) is 28.4 Å². The number of aromatic nitrogens is 1. The maximum Gasteiger partial charge on any atom is 0.262 e. The first-order valence-electron chi connectivity index (χ1n) is 14.7. The van der Waals surface area contributed by atoms with Gasteiger partial charge in [0.05, 0.1) is 36.3 Å². The lowest BCUT2D eigenvalue weighted by Crippen LogP contribution is -2.54. The van der Waals surface area contributed by atoms with Crippen molar-refractivity contribution in [2.24, 2.45) is 7.05 Å². The van der Waals surface area contributed by atoms with Crippen molar-refractivity contribution in [2.45, 2.75) is 31.5 Å². The number of fused-ring (bicyclic) bond motifs is 2. The monoisotopic (exact) mass is 642 g/mol. The van der Waals surface area contributed by atoms with Gasteiger partial charge in [-0.3, -0.25) is 39.1 Å². The molecule has 4 aromatic rings. The second-order valence-corrected chi connectivity index (χ2v) is 12.5. The van der Waals surface area contributed by atoms with Crippen LogP contribution in [0.4, 0.5) is 0 Å². The molecule has 1 unspecified atom stereocenters. The zero-order valence-electron chi connectivity index (χ0n) is 25.3. The van der Waals surface area contributed by atoms with E-state index in [0.717, 1.165) is 26.3 Å². The van der Waals surface area contributed by atoms with Gasteiger partial charge >= 0.3 is 0 Å². The summed E-state index contributed by atoms with van der Waals surface area (Å²) in [4.78, 5) is 65.8. The SMILES string of the molecule is COc1cc(-c2cn(C)c(=O)c3ccsc23)cc(OC)c1CN1CC(Oc2ccc3c(c2)C(=O)N(C2CCC(=O)NC2=O)C3=O)C1. The third kappa shape index (κ3) is 4.92. The molecule has 13 heteroatoms. The van der Waals surface area contributed by atoms with Crippen molar-refractivity contribution >= 4 is 45.1 Å². The van der Waals surface area contributed by atoms with Gasteiger partial charge in [-0.25, -0.2) is 0 Å². The fourth-order valence-electron chi connectivity index (χ4n) is 6.35. The first-order chi connectivity index (χ1) is 22.2. The summed E-state index contributed by atoms with van der Waals surface area (Å²) in [6, 6.07) is 9.48. The van der Waals surface area contributed by atoms with Gasteiger partial charge in [-0.05, 0) is 53.8 Å². The Hall–Kier alpha value is -5.01. The summed E-state index contributed by atoms with van der Waals surface area (Å²) in [5.74, 6) is -0.411. The summed E-state index contributed by atoms with van der Waals surface area (Å²) >= 11 is 1.52. The van der Waals surface area contributed by atoms with Crippen LogP contribution in [0.15, 0.2) is 52.8 Å². The Kier molecular flexibility index (Phi) is 7.36. The van der Waals surface area contributed by atoms with E-state index >= 15 is 0 Å². The summed E-state index contributed by atoms with van der Waals surface area (Å²) < 4.78 is 20.3. The Morgan fingerprint density at radius 2 is 1.63 bits per heavy atom. The van der Waals surface area contributed by atoms with E-state index in [-0.39, 0.29) is 35.6 Å². The minimum absolute atomic E-state index is 0.0423. The number of piperidine rings is 1. The molecular weight excluding hydrogens is 612 g/mol. The van der Waals surface area contributed by atoms with E-state index < -0.39 is 29.7 Å². The Labute approximate surface area is 267 Å². The average Bonchev–Trinajstić information content (AvgIpc) is 3.61. The van der Waals surface area contributed by atoms with E-state index in [0.29, 0.717) is 42.3 Å². The van der Waals surface area contributed by atoms with Crippen molar-refractivity contribution < 1.29 is 33.4 Å². The van der Waals surface area contributed by atoms with Crippen LogP contribution in [0.25, 0.3) is 21.2 Å². The molecule has 2 aromatic heterocycles. The summed E-state index contributed by atoms with van der Waals surface area (Å²) in [6.07, 6.45) is 1.85. The molecule has 5 heterocycles. The van der Waals surface area contributed by atoms with Crippen LogP contribution in [0.2, 0.25) is 0 Å². The number of carbonyl (C=O) groups is 4. The van der Waals surface area contributed by atoms with Gasteiger partial charge in [-0.1, -0.05) is 0 Å². The first-order valence-corrected chi connectivity index (χ1v) is 15.6. The fraction of sp³-hybridized carbons (Fsp3) is 0.303. The van der Waals surface area contributed by atoms with E-state index in [2.05, 4.69) is 10.2 Å². The maximum atomic E-state index is 13.2. The standard InChI is InChI=1S/C33H30N4O8S/c1-35-15-23(29-21(31(35)40)8-9-46-29)17-10-26(43-2)24(27(11-17)44-3)16-36-13-19(14-36)45-18-4-5-20-22(12-18)33(42)37(32(20)41)25-6-7-28(38)34-30(25)39/h4-5,8-12,15,19,25H,6-7,13-14,16H2,1-3H3,(H,34,38,39). The van der Waals surface area contributed by atoms with Crippen LogP contribution in [-0.2, 0) is 23.2 Å². The zero-order valence-corrected chi connectivity index (χ0v) is 26.1. The molecule has 7 rings (SSSR count). The van der Waals surface area contributed by atoms with Crippen molar-refractivity contribution in [2.75, 3.05) is 27.3 Å². The van der Waals surface area contributed by atoms with Crippen LogP contribution in [-0.4, -0.2) is 77.5 Å². The van der Waals surface area contributed by atoms with Gasteiger partial charge in [-0.15, -0.1) is 11.3 Å². The number of pyridine rings is 1. The molecular formula is C33H30N4O8S. The summed E-state index contributed by atoms with van der Waals surface area (Å²) in [7, 11) is 4.98. The highest BCUT2D eigenvalue weighted by Gasteiger charge is 2.45. The number of nitrogens with one attached hydrogen (secondary N) is 1. The predicted molar refractivity (Wildman–Crippen MR) is 168 cm³/mol. The first kappa shape index (κ1) is 29.7. The number of hydrogen-bond acceptors (Lipinski definition) is 10. The Morgan fingerprint density at radius 3 is 2.33 bits per heavy atom. The molecule has 1 N–H and O–H groups in total. The number of nitrogens with zero attached hydrogens (tertiary/aromatic N) is 3. The lowest BCUT2D eigenvalue weighted by atomic mass is 10.0. The molecule has 12 nitrogen and oxygen atoms in total. The van der Waals surface area contributed by atoms with Gasteiger partial charge in [0.15, 0.2) is 0 Å². The van der Waals surface area contributed by atoms with Crippen molar-refractivity contribution in [1.82, 2.24) is 19.7 Å². The highest BCUT2D eigenvalue weighted by atomic mass is 32.1. The number of methoxy groups -OCH3 is 2. The number of carbonyl (C=O) groups excluding carboxylic acids is 4. The molecule has 1 atom stereocenters. The molecule has 3 aliphatic heterocycles. The van der Waals surface area contributed by atoms with E-state index in [1.165, 1.54) is 11.3 Å². The summed E-state index contributed by atoms with van der Waals surface area (Å²) in [5.41, 5.74) is 3.02. The average molecular weight is 643 g/mol. The number of rotatable bonds is 8. The van der Waals surface area contributed by atoms with E-state index in [1.54, 1.807) is 44.0 Å². The molecule has 0 spiro atoms. The van der Waals surface area contributed by atoms with Gasteiger partial charge in [0, 0.05) is 49.6 Å². The van der Waals surface area contributed by atoms with Crippen molar-refractivity contribution in [3.05, 3.63) is 75.0 Å². The van der Waals surface area contributed by atoms with E-state index in [4.69, 9.17) is 14.2 Å². The fourth-order valence-corrected chi connectivity index (χ4v) is 7.27. The third-order valence-corrected chi connectivity index (χ3v) is 9.67. The second-order valence-electron chi connectivity index (χ2n) is 11.6. The minimum atomic E-state index is -1.02. The highest BCUT2D eigenvalue weighted by molar-refractivity contribution is 7.17. The zero-order chi connectivity index (χ0) is 32.3. The van der Waals surface area contributed by atoms with Crippen molar-refractivity contribution in [3.63, 3.8) is 0 Å². The molecule has 3 aliphatic rings.